The van der Waals surface area contributed by atoms with Crippen LogP contribution in [0.5, 0.6) is 5.75 Å². The van der Waals surface area contributed by atoms with Crippen molar-refractivity contribution in [1.29, 1.82) is 0 Å². The average Bonchev–Trinajstić information content (AvgIpc) is 2.90. The first-order valence-electron chi connectivity index (χ1n) is 13.9. The molecular formula is C28H30B6ClN5O3S. The second kappa shape index (κ2) is 12.4. The summed E-state index contributed by atoms with van der Waals surface area (Å²) in [5.74, 6) is 0.538. The first-order chi connectivity index (χ1) is 20.2. The van der Waals surface area contributed by atoms with E-state index in [1.807, 2.05) is 0 Å². The van der Waals surface area contributed by atoms with Crippen LogP contribution in [-0.2, 0) is 20.3 Å². The minimum Gasteiger partial charge on any atom is -0.496 e. The standard InChI is InChI=1S/C28H30B6ClN5O3S/c1-25(2,29)43-21-14-16(27(31)9-11-36-12-10-27)17(28(32,33)34)13-20(21)39-24-37-15-18(35)23(40-24)38-19-7-5-6-8-22(19)44(41,42)26(3,4)30/h5-8,13-15,36H,9-12H2,1-4H3,(H2,37,38,39,40). The van der Waals surface area contributed by atoms with Crippen molar-refractivity contribution in [3.63, 3.8) is 0 Å². The lowest BCUT2D eigenvalue weighted by Gasteiger charge is -2.40. The van der Waals surface area contributed by atoms with Crippen LogP contribution in [-0.4, -0.2) is 88.7 Å². The van der Waals surface area contributed by atoms with Crippen LogP contribution in [0.1, 0.15) is 51.7 Å². The molecule has 2 heterocycles. The van der Waals surface area contributed by atoms with Crippen LogP contribution in [0.4, 0.5) is 23.1 Å². The largest absolute Gasteiger partial charge is 0.496 e. The van der Waals surface area contributed by atoms with Crippen molar-refractivity contribution in [1.82, 2.24) is 15.3 Å². The molecule has 1 fully saturated rings. The average molecular weight is 617 g/mol. The third-order valence-electron chi connectivity index (χ3n) is 7.10. The molecule has 1 aromatic heterocycles. The van der Waals surface area contributed by atoms with Crippen LogP contribution in [0.2, 0.25) is 5.02 Å². The molecule has 3 N–H and O–H groups in total. The summed E-state index contributed by atoms with van der Waals surface area (Å²) >= 11 is 6.43. The summed E-state index contributed by atoms with van der Waals surface area (Å²) in [6, 6.07) is 9.69. The van der Waals surface area contributed by atoms with Crippen molar-refractivity contribution in [2.75, 3.05) is 23.7 Å². The molecule has 3 aromatic rings. The van der Waals surface area contributed by atoms with E-state index in [1.54, 1.807) is 44.2 Å². The molecule has 1 aliphatic rings. The molecule has 4 rings (SSSR count). The Kier molecular flexibility index (Phi) is 9.66. The topological polar surface area (TPSA) is 105 Å². The van der Waals surface area contributed by atoms with Crippen LogP contribution >= 0.6 is 11.6 Å². The molecule has 0 aliphatic carbocycles. The molecule has 44 heavy (non-hydrogen) atoms. The molecule has 12 radical (unpaired) electrons. The number of para-hydroxylation sites is 1. The van der Waals surface area contributed by atoms with Crippen molar-refractivity contribution < 1.29 is 13.2 Å². The minimum absolute atomic E-state index is 0.0171. The molecule has 16 heteroatoms. The maximum atomic E-state index is 13.2. The van der Waals surface area contributed by atoms with Crippen molar-refractivity contribution in [2.24, 2.45) is 0 Å². The van der Waals surface area contributed by atoms with Crippen molar-refractivity contribution >= 4 is 91.7 Å². The number of rotatable bonds is 10. The summed E-state index contributed by atoms with van der Waals surface area (Å²) in [4.78, 5) is 8.78. The first-order valence-corrected chi connectivity index (χ1v) is 15.8. The number of aromatic nitrogens is 2. The van der Waals surface area contributed by atoms with E-state index in [2.05, 4.69) is 25.9 Å². The third kappa shape index (κ3) is 7.65. The highest BCUT2D eigenvalue weighted by atomic mass is 35.5. The Morgan fingerprint density at radius 1 is 0.977 bits per heavy atom. The summed E-state index contributed by atoms with van der Waals surface area (Å²) in [7, 11) is 33.9. The van der Waals surface area contributed by atoms with Gasteiger partial charge in [0.25, 0.3) is 0 Å². The molecule has 0 bridgehead atoms. The second-order valence-electron chi connectivity index (χ2n) is 12.2. The molecule has 1 aliphatic heterocycles. The van der Waals surface area contributed by atoms with Crippen LogP contribution in [0.3, 0.4) is 0 Å². The van der Waals surface area contributed by atoms with Gasteiger partial charge < -0.3 is 20.7 Å². The van der Waals surface area contributed by atoms with Gasteiger partial charge in [-0.2, -0.15) is 4.98 Å². The Morgan fingerprint density at radius 2 is 1.61 bits per heavy atom. The van der Waals surface area contributed by atoms with E-state index in [-0.39, 0.29) is 27.4 Å². The fourth-order valence-electron chi connectivity index (χ4n) is 4.81. The highest BCUT2D eigenvalue weighted by Gasteiger charge is 2.35. The molecule has 8 nitrogen and oxygen atoms in total. The summed E-state index contributed by atoms with van der Waals surface area (Å²) in [6.07, 6.45) is 2.58. The SMILES string of the molecule is [B]C(C)(C)Oc1cc(C2([B])CCNCC2)c(C([B])([B])[B])cc1Nc1ncc(Cl)c(Nc2ccccc2S(=O)(=O)C([B])(C)C)n1. The molecule has 2 aromatic carbocycles. The maximum absolute atomic E-state index is 13.2. The third-order valence-corrected chi connectivity index (χ3v) is 9.70. The smallest absolute Gasteiger partial charge is 0.229 e. The monoisotopic (exact) mass is 617 g/mol. The van der Waals surface area contributed by atoms with Gasteiger partial charge in [0.15, 0.2) is 15.7 Å². The van der Waals surface area contributed by atoms with Crippen molar-refractivity contribution in [2.45, 2.75) is 66.0 Å². The van der Waals surface area contributed by atoms with Gasteiger partial charge in [-0.25, -0.2) is 13.4 Å². The zero-order valence-corrected chi connectivity index (χ0v) is 26.8. The minimum atomic E-state index is -3.92. The number of piperidine rings is 1. The number of nitrogens with one attached hydrogen (secondary N) is 3. The van der Waals surface area contributed by atoms with Gasteiger partial charge in [-0.3, -0.25) is 0 Å². The summed E-state index contributed by atoms with van der Waals surface area (Å²) < 4.78 is 30.9. The van der Waals surface area contributed by atoms with E-state index in [9.17, 15) is 8.42 Å². The quantitative estimate of drug-likeness (QED) is 0.299. The number of hydrogen-bond donors (Lipinski definition) is 3. The lowest BCUT2D eigenvalue weighted by atomic mass is 9.38. The zero-order chi connectivity index (χ0) is 32.7. The summed E-state index contributed by atoms with van der Waals surface area (Å²) in [5, 5.41) is 7.01. The fourth-order valence-corrected chi connectivity index (χ4v) is 6.18. The highest BCUT2D eigenvalue weighted by molar-refractivity contribution is 7.94. The number of anilines is 4. The Bertz CT molecular complexity index is 1640. The second-order valence-corrected chi connectivity index (χ2v) is 15.1. The van der Waals surface area contributed by atoms with Gasteiger partial charge >= 0.3 is 0 Å². The Morgan fingerprint density at radius 3 is 2.20 bits per heavy atom. The van der Waals surface area contributed by atoms with E-state index in [1.165, 1.54) is 26.1 Å². The molecule has 1 saturated heterocycles. The van der Waals surface area contributed by atoms with Gasteiger partial charge in [-0.05, 0) is 74.9 Å². The molecule has 216 valence electrons. The molecule has 0 atom stereocenters. The van der Waals surface area contributed by atoms with Gasteiger partial charge in [0.05, 0.1) is 67.2 Å². The number of sulfone groups is 1. The van der Waals surface area contributed by atoms with Crippen LogP contribution in [0, 0.1) is 0 Å². The van der Waals surface area contributed by atoms with Gasteiger partial charge in [0.2, 0.25) is 5.95 Å². The number of hydrogen-bond acceptors (Lipinski definition) is 8. The molecule has 0 amide bonds. The lowest BCUT2D eigenvalue weighted by molar-refractivity contribution is 0.199. The van der Waals surface area contributed by atoms with Crippen LogP contribution in [0.25, 0.3) is 0 Å². The zero-order valence-electron chi connectivity index (χ0n) is 25.2. The van der Waals surface area contributed by atoms with Crippen molar-refractivity contribution in [3.8, 4) is 5.75 Å². The van der Waals surface area contributed by atoms with E-state index in [0.717, 1.165) is 0 Å². The van der Waals surface area contributed by atoms with Gasteiger partial charge in [-0.1, -0.05) is 43.1 Å². The molecule has 0 saturated carbocycles. The molecular weight excluding hydrogens is 587 g/mol. The lowest BCUT2D eigenvalue weighted by Crippen LogP contribution is -2.43. The normalized spacial score (nSPS) is 15.8. The van der Waals surface area contributed by atoms with Gasteiger partial charge in [0.1, 0.15) is 18.6 Å². The molecule has 0 spiro atoms. The fraction of sp³-hybridized carbons (Fsp3) is 0.429. The number of nitrogens with zero attached hydrogens (tertiary/aromatic N) is 2. The summed E-state index contributed by atoms with van der Waals surface area (Å²) in [6.45, 7) is 7.61. The predicted octanol–water partition coefficient (Wildman–Crippen LogP) is 2.94. The van der Waals surface area contributed by atoms with E-state index in [0.29, 0.717) is 48.5 Å². The highest BCUT2D eigenvalue weighted by Crippen LogP contribution is 2.42. The number of benzene rings is 2. The Labute approximate surface area is 273 Å². The summed E-state index contributed by atoms with van der Waals surface area (Å²) in [5.41, 5.74) is 0.522. The first kappa shape index (κ1) is 34.4. The van der Waals surface area contributed by atoms with Crippen LogP contribution in [0.15, 0.2) is 47.5 Å². The maximum Gasteiger partial charge on any atom is 0.229 e. The predicted molar refractivity (Wildman–Crippen MR) is 182 cm³/mol. The van der Waals surface area contributed by atoms with Crippen molar-refractivity contribution in [3.05, 3.63) is 58.7 Å². The van der Waals surface area contributed by atoms with Gasteiger partial charge in [-0.15, -0.1) is 5.11 Å². The van der Waals surface area contributed by atoms with Gasteiger partial charge in [0, 0.05) is 4.65 Å². The van der Waals surface area contributed by atoms with E-state index < -0.39 is 30.4 Å². The number of halogens is 1. The molecule has 0 unspecified atom stereocenters. The van der Waals surface area contributed by atoms with Crippen LogP contribution < -0.4 is 20.7 Å². The Balaban J connectivity index is 1.79. The Hall–Kier alpha value is -2.49. The number of ether oxygens (including phenoxy) is 1. The van der Waals surface area contributed by atoms with E-state index in [4.69, 9.17) is 63.4 Å². The van der Waals surface area contributed by atoms with E-state index >= 15 is 0 Å².